The number of aliphatic hydroxyl groups is 1. The molecule has 1 fully saturated rings. The lowest BCUT2D eigenvalue weighted by Gasteiger charge is -2.16. The molecule has 2 rings (SSSR count). The van der Waals surface area contributed by atoms with Crippen LogP contribution in [0.1, 0.15) is 12.0 Å². The molecule has 3 heteroatoms. The van der Waals surface area contributed by atoms with Crippen molar-refractivity contribution in [3.63, 3.8) is 0 Å². The first-order valence-corrected chi connectivity index (χ1v) is 6.32. The van der Waals surface area contributed by atoms with Gasteiger partial charge in [-0.05, 0) is 30.5 Å². The molecule has 0 bridgehead atoms. The average Bonchev–Trinajstić information content (AvgIpc) is 2.73. The number of hydrogen-bond donors (Lipinski definition) is 1. The van der Waals surface area contributed by atoms with Gasteiger partial charge in [0.2, 0.25) is 0 Å². The van der Waals surface area contributed by atoms with Crippen molar-refractivity contribution in [1.82, 2.24) is 4.90 Å². The number of rotatable bonds is 4. The smallest absolute Gasteiger partial charge is 0.0679 e. The summed E-state index contributed by atoms with van der Waals surface area (Å²) in [5.74, 6) is 0. The Kier molecular flexibility index (Phi) is 4.02. The van der Waals surface area contributed by atoms with E-state index in [1.54, 1.807) is 0 Å². The molecule has 1 aliphatic rings. The van der Waals surface area contributed by atoms with Crippen LogP contribution in [0.2, 0.25) is 0 Å². The molecule has 1 N–H and O–H groups in total. The fraction of sp³-hybridized carbons (Fsp3) is 0.571. The predicted molar refractivity (Wildman–Crippen MR) is 71.5 cm³/mol. The zero-order valence-electron chi connectivity index (χ0n) is 10.8. The molecular formula is C14H22N2O. The quantitative estimate of drug-likeness (QED) is 0.852. The highest BCUT2D eigenvalue weighted by Gasteiger charge is 2.19. The largest absolute Gasteiger partial charge is 0.392 e. The summed E-state index contributed by atoms with van der Waals surface area (Å²) in [6, 6.07) is 8.71. The van der Waals surface area contributed by atoms with Crippen LogP contribution in [-0.2, 0) is 6.42 Å². The number of aliphatic hydroxyl groups excluding tert-OH is 1. The third-order valence-corrected chi connectivity index (χ3v) is 3.42. The van der Waals surface area contributed by atoms with Gasteiger partial charge in [0.1, 0.15) is 0 Å². The van der Waals surface area contributed by atoms with Crippen molar-refractivity contribution >= 4 is 5.69 Å². The Morgan fingerprint density at radius 2 is 2.00 bits per heavy atom. The van der Waals surface area contributed by atoms with Crippen LogP contribution in [0, 0.1) is 0 Å². The zero-order chi connectivity index (χ0) is 12.3. The summed E-state index contributed by atoms with van der Waals surface area (Å²) in [4.78, 5) is 4.45. The second-order valence-electron chi connectivity index (χ2n) is 5.05. The van der Waals surface area contributed by atoms with Crippen LogP contribution < -0.4 is 4.90 Å². The molecule has 1 aromatic rings. The standard InChI is InChI=1S/C14H22N2O/c1-15(2)13-5-3-12(4-6-13)7-9-16-10-8-14(17)11-16/h3-6,14,17H,7-11H2,1-2H3. The van der Waals surface area contributed by atoms with Crippen LogP contribution in [0.4, 0.5) is 5.69 Å². The van der Waals surface area contributed by atoms with Crippen molar-refractivity contribution in [2.75, 3.05) is 38.6 Å². The van der Waals surface area contributed by atoms with E-state index in [1.807, 2.05) is 0 Å². The number of benzene rings is 1. The van der Waals surface area contributed by atoms with Crippen molar-refractivity contribution < 1.29 is 5.11 Å². The molecule has 1 atom stereocenters. The van der Waals surface area contributed by atoms with Gasteiger partial charge in [-0.15, -0.1) is 0 Å². The van der Waals surface area contributed by atoms with E-state index in [2.05, 4.69) is 48.2 Å². The normalized spacial score (nSPS) is 20.8. The molecule has 0 saturated carbocycles. The Hall–Kier alpha value is -1.06. The van der Waals surface area contributed by atoms with Crippen molar-refractivity contribution in [2.24, 2.45) is 0 Å². The summed E-state index contributed by atoms with van der Waals surface area (Å²) in [7, 11) is 4.11. The molecule has 17 heavy (non-hydrogen) atoms. The van der Waals surface area contributed by atoms with Gasteiger partial charge in [0.25, 0.3) is 0 Å². The Morgan fingerprint density at radius 3 is 2.53 bits per heavy atom. The molecule has 0 spiro atoms. The summed E-state index contributed by atoms with van der Waals surface area (Å²) in [6.45, 7) is 2.94. The predicted octanol–water partition coefficient (Wildman–Crippen LogP) is 1.36. The third kappa shape index (κ3) is 3.45. The highest BCUT2D eigenvalue weighted by Crippen LogP contribution is 2.14. The fourth-order valence-electron chi connectivity index (χ4n) is 2.26. The monoisotopic (exact) mass is 234 g/mol. The maximum Gasteiger partial charge on any atom is 0.0679 e. The molecule has 1 saturated heterocycles. The summed E-state index contributed by atoms with van der Waals surface area (Å²) in [6.07, 6.45) is 1.89. The third-order valence-electron chi connectivity index (χ3n) is 3.42. The van der Waals surface area contributed by atoms with Gasteiger partial charge in [0, 0.05) is 39.4 Å². The van der Waals surface area contributed by atoms with Gasteiger partial charge in [-0.1, -0.05) is 12.1 Å². The summed E-state index contributed by atoms with van der Waals surface area (Å²) >= 11 is 0. The van der Waals surface area contributed by atoms with E-state index in [-0.39, 0.29) is 6.10 Å². The molecule has 0 amide bonds. The van der Waals surface area contributed by atoms with Gasteiger partial charge >= 0.3 is 0 Å². The van der Waals surface area contributed by atoms with Crippen molar-refractivity contribution in [2.45, 2.75) is 18.9 Å². The number of nitrogens with zero attached hydrogens (tertiary/aromatic N) is 2. The molecule has 1 heterocycles. The van der Waals surface area contributed by atoms with E-state index in [0.717, 1.165) is 32.5 Å². The SMILES string of the molecule is CN(C)c1ccc(CCN2CCC(O)C2)cc1. The number of hydrogen-bond acceptors (Lipinski definition) is 3. The van der Waals surface area contributed by atoms with Crippen LogP contribution in [0.15, 0.2) is 24.3 Å². The van der Waals surface area contributed by atoms with Crippen LogP contribution in [0.25, 0.3) is 0 Å². The topological polar surface area (TPSA) is 26.7 Å². The van der Waals surface area contributed by atoms with Gasteiger partial charge in [-0.2, -0.15) is 0 Å². The number of β-amino-alcohol motifs (C(OH)–C–C–N with tert-alkyl or cyclic N) is 1. The van der Waals surface area contributed by atoms with Gasteiger partial charge in [-0.3, -0.25) is 0 Å². The first-order valence-electron chi connectivity index (χ1n) is 6.32. The van der Waals surface area contributed by atoms with Gasteiger partial charge in [0.05, 0.1) is 6.10 Å². The summed E-state index contributed by atoms with van der Waals surface area (Å²) in [5.41, 5.74) is 2.61. The molecule has 0 aliphatic carbocycles. The summed E-state index contributed by atoms with van der Waals surface area (Å²) < 4.78 is 0. The van der Waals surface area contributed by atoms with E-state index < -0.39 is 0 Å². The molecule has 94 valence electrons. The van der Waals surface area contributed by atoms with E-state index in [0.29, 0.717) is 0 Å². The van der Waals surface area contributed by atoms with Crippen LogP contribution >= 0.6 is 0 Å². The van der Waals surface area contributed by atoms with Gasteiger partial charge < -0.3 is 14.9 Å². The van der Waals surface area contributed by atoms with Crippen molar-refractivity contribution in [3.8, 4) is 0 Å². The molecule has 0 aromatic heterocycles. The minimum absolute atomic E-state index is 0.105. The Morgan fingerprint density at radius 1 is 1.29 bits per heavy atom. The lowest BCUT2D eigenvalue weighted by molar-refractivity contribution is 0.177. The zero-order valence-corrected chi connectivity index (χ0v) is 10.8. The van der Waals surface area contributed by atoms with Crippen LogP contribution in [0.5, 0.6) is 0 Å². The lowest BCUT2D eigenvalue weighted by Crippen LogP contribution is -2.24. The van der Waals surface area contributed by atoms with Gasteiger partial charge in [0.15, 0.2) is 0 Å². The Balaban J connectivity index is 1.83. The van der Waals surface area contributed by atoms with E-state index in [4.69, 9.17) is 0 Å². The molecule has 1 aliphatic heterocycles. The molecule has 0 radical (unpaired) electrons. The van der Waals surface area contributed by atoms with Crippen molar-refractivity contribution in [3.05, 3.63) is 29.8 Å². The van der Waals surface area contributed by atoms with E-state index in [9.17, 15) is 5.11 Å². The van der Waals surface area contributed by atoms with Crippen LogP contribution in [0.3, 0.4) is 0 Å². The first kappa shape index (κ1) is 12.4. The maximum absolute atomic E-state index is 9.45. The second kappa shape index (κ2) is 5.52. The molecule has 1 aromatic carbocycles. The molecular weight excluding hydrogens is 212 g/mol. The second-order valence-corrected chi connectivity index (χ2v) is 5.05. The number of anilines is 1. The Labute approximate surface area is 104 Å². The highest BCUT2D eigenvalue weighted by atomic mass is 16.3. The highest BCUT2D eigenvalue weighted by molar-refractivity contribution is 5.46. The molecule has 3 nitrogen and oxygen atoms in total. The first-order chi connectivity index (χ1) is 8.15. The molecule has 1 unspecified atom stereocenters. The van der Waals surface area contributed by atoms with E-state index in [1.165, 1.54) is 11.3 Å². The minimum atomic E-state index is -0.105. The Bertz CT molecular complexity index is 348. The number of likely N-dealkylation sites (tertiary alicyclic amines) is 1. The maximum atomic E-state index is 9.45. The fourth-order valence-corrected chi connectivity index (χ4v) is 2.26. The van der Waals surface area contributed by atoms with Crippen molar-refractivity contribution in [1.29, 1.82) is 0 Å². The minimum Gasteiger partial charge on any atom is -0.392 e. The van der Waals surface area contributed by atoms with E-state index >= 15 is 0 Å². The van der Waals surface area contributed by atoms with Gasteiger partial charge in [-0.25, -0.2) is 0 Å². The van der Waals surface area contributed by atoms with Crippen LogP contribution in [-0.4, -0.2) is 49.8 Å². The summed E-state index contributed by atoms with van der Waals surface area (Å²) in [5, 5.41) is 9.45. The lowest BCUT2D eigenvalue weighted by atomic mass is 10.1. The average molecular weight is 234 g/mol.